The Morgan fingerprint density at radius 3 is 2.74 bits per heavy atom. The molecule has 7 nitrogen and oxygen atoms in total. The SMILES string of the molecule is CC(C)(C)C1C(Nc2ccc(C#N)c(N)n2)CCCN1C(=O)O. The number of hydrogen-bond donors (Lipinski definition) is 3. The second-order valence-corrected chi connectivity index (χ2v) is 6.92. The Morgan fingerprint density at radius 1 is 1.52 bits per heavy atom. The lowest BCUT2D eigenvalue weighted by Crippen LogP contribution is -2.58. The van der Waals surface area contributed by atoms with Crippen LogP contribution in [0.5, 0.6) is 0 Å². The quantitative estimate of drug-likeness (QED) is 0.772. The molecule has 0 saturated carbocycles. The van der Waals surface area contributed by atoms with Crippen LogP contribution in [0.1, 0.15) is 39.2 Å². The zero-order chi connectivity index (χ0) is 17.2. The molecule has 0 aromatic carbocycles. The first kappa shape index (κ1) is 16.9. The normalized spacial score (nSPS) is 21.6. The van der Waals surface area contributed by atoms with E-state index < -0.39 is 6.09 Å². The Kier molecular flexibility index (Phi) is 4.64. The van der Waals surface area contributed by atoms with Gasteiger partial charge in [0, 0.05) is 12.6 Å². The first-order valence-corrected chi connectivity index (χ1v) is 7.66. The maximum absolute atomic E-state index is 11.6. The Labute approximate surface area is 136 Å². The second kappa shape index (κ2) is 6.32. The van der Waals surface area contributed by atoms with Crippen LogP contribution in [0.15, 0.2) is 12.1 Å². The number of pyridine rings is 1. The Balaban J connectivity index is 2.27. The molecular formula is C16H23N5O2. The van der Waals surface area contributed by atoms with E-state index in [0.717, 1.165) is 12.8 Å². The number of nitriles is 1. The molecule has 0 spiro atoms. The van der Waals surface area contributed by atoms with E-state index in [4.69, 9.17) is 11.0 Å². The van der Waals surface area contributed by atoms with Crippen molar-refractivity contribution in [3.8, 4) is 6.07 Å². The van der Waals surface area contributed by atoms with Gasteiger partial charge >= 0.3 is 6.09 Å². The maximum atomic E-state index is 11.6. The zero-order valence-electron chi connectivity index (χ0n) is 13.7. The van der Waals surface area contributed by atoms with Crippen molar-refractivity contribution in [1.82, 2.24) is 9.88 Å². The largest absolute Gasteiger partial charge is 0.465 e. The van der Waals surface area contributed by atoms with E-state index in [1.165, 1.54) is 4.90 Å². The number of nitrogens with one attached hydrogen (secondary N) is 1. The lowest BCUT2D eigenvalue weighted by atomic mass is 9.77. The van der Waals surface area contributed by atoms with Crippen molar-refractivity contribution in [3.05, 3.63) is 17.7 Å². The van der Waals surface area contributed by atoms with Gasteiger partial charge in [0.15, 0.2) is 0 Å². The molecule has 23 heavy (non-hydrogen) atoms. The molecule has 4 N–H and O–H groups in total. The molecule has 0 radical (unpaired) electrons. The number of likely N-dealkylation sites (tertiary alicyclic amines) is 1. The van der Waals surface area contributed by atoms with Crippen LogP contribution in [0.2, 0.25) is 0 Å². The summed E-state index contributed by atoms with van der Waals surface area (Å²) in [6.07, 6.45) is 0.749. The van der Waals surface area contributed by atoms with Gasteiger partial charge in [-0.25, -0.2) is 9.78 Å². The first-order chi connectivity index (χ1) is 10.7. The Bertz CT molecular complexity index is 632. The number of hydrogen-bond acceptors (Lipinski definition) is 5. The summed E-state index contributed by atoms with van der Waals surface area (Å²) in [5.74, 6) is 0.740. The minimum atomic E-state index is -0.899. The molecule has 1 aliphatic rings. The fourth-order valence-corrected chi connectivity index (χ4v) is 3.27. The molecule has 2 atom stereocenters. The van der Waals surface area contributed by atoms with Crippen LogP contribution in [-0.4, -0.2) is 39.7 Å². The number of nitrogen functional groups attached to an aromatic ring is 1. The van der Waals surface area contributed by atoms with E-state index in [1.807, 2.05) is 26.8 Å². The summed E-state index contributed by atoms with van der Waals surface area (Å²) in [5, 5.41) is 21.7. The number of amides is 1. The van der Waals surface area contributed by atoms with Crippen molar-refractivity contribution < 1.29 is 9.90 Å². The molecule has 7 heteroatoms. The molecule has 1 amide bonds. The van der Waals surface area contributed by atoms with Gasteiger partial charge in [-0.2, -0.15) is 5.26 Å². The Morgan fingerprint density at radius 2 is 2.22 bits per heavy atom. The van der Waals surface area contributed by atoms with E-state index in [0.29, 0.717) is 17.9 Å². The summed E-state index contributed by atoms with van der Waals surface area (Å²) in [7, 11) is 0. The molecule has 1 aromatic heterocycles. The van der Waals surface area contributed by atoms with E-state index in [-0.39, 0.29) is 23.3 Å². The summed E-state index contributed by atoms with van der Waals surface area (Å²) in [6, 6.07) is 5.07. The highest BCUT2D eigenvalue weighted by molar-refractivity contribution is 5.66. The minimum absolute atomic E-state index is 0.0558. The number of aromatic nitrogens is 1. The van der Waals surface area contributed by atoms with Crippen molar-refractivity contribution in [2.75, 3.05) is 17.6 Å². The summed E-state index contributed by atoms with van der Waals surface area (Å²) in [4.78, 5) is 17.3. The number of nitrogens with zero attached hydrogens (tertiary/aromatic N) is 3. The van der Waals surface area contributed by atoms with Crippen LogP contribution in [0, 0.1) is 16.7 Å². The number of carbonyl (C=O) groups is 1. The molecule has 1 saturated heterocycles. The lowest BCUT2D eigenvalue weighted by Gasteiger charge is -2.47. The third-order valence-electron chi connectivity index (χ3n) is 4.14. The van der Waals surface area contributed by atoms with Gasteiger partial charge in [0.1, 0.15) is 17.7 Å². The second-order valence-electron chi connectivity index (χ2n) is 6.92. The van der Waals surface area contributed by atoms with Gasteiger partial charge in [0.05, 0.1) is 11.6 Å². The highest BCUT2D eigenvalue weighted by Crippen LogP contribution is 2.33. The van der Waals surface area contributed by atoms with Crippen molar-refractivity contribution in [2.45, 2.75) is 45.7 Å². The molecule has 124 valence electrons. The standard InChI is InChI=1S/C16H23N5O2/c1-16(2,3)13-11(5-4-8-21(13)15(22)23)19-12-7-6-10(9-17)14(18)20-12/h6-7,11,13H,4-5,8H2,1-3H3,(H,22,23)(H3,18,19,20). The van der Waals surface area contributed by atoms with Crippen molar-refractivity contribution in [1.29, 1.82) is 5.26 Å². The minimum Gasteiger partial charge on any atom is -0.465 e. The van der Waals surface area contributed by atoms with Crippen molar-refractivity contribution in [3.63, 3.8) is 0 Å². The summed E-state index contributed by atoms with van der Waals surface area (Å²) in [6.45, 7) is 6.65. The van der Waals surface area contributed by atoms with Crippen molar-refractivity contribution in [2.24, 2.45) is 5.41 Å². The maximum Gasteiger partial charge on any atom is 0.407 e. The van der Waals surface area contributed by atoms with Gasteiger partial charge in [-0.05, 0) is 30.4 Å². The monoisotopic (exact) mass is 317 g/mol. The van der Waals surface area contributed by atoms with Crippen LogP contribution in [0.4, 0.5) is 16.4 Å². The number of piperidine rings is 1. The van der Waals surface area contributed by atoms with Crippen LogP contribution in [0.25, 0.3) is 0 Å². The zero-order valence-corrected chi connectivity index (χ0v) is 13.7. The topological polar surface area (TPSA) is 115 Å². The molecule has 1 aromatic rings. The first-order valence-electron chi connectivity index (χ1n) is 7.66. The number of nitrogens with two attached hydrogens (primary N) is 1. The number of carboxylic acid groups (broad SMARTS) is 1. The molecular weight excluding hydrogens is 294 g/mol. The van der Waals surface area contributed by atoms with Gasteiger partial charge in [0.2, 0.25) is 0 Å². The molecule has 1 fully saturated rings. The van der Waals surface area contributed by atoms with E-state index in [1.54, 1.807) is 12.1 Å². The predicted molar refractivity (Wildman–Crippen MR) is 88.0 cm³/mol. The lowest BCUT2D eigenvalue weighted by molar-refractivity contribution is 0.0518. The number of rotatable bonds is 2. The predicted octanol–water partition coefficient (Wildman–Crippen LogP) is 2.50. The van der Waals surface area contributed by atoms with Crippen LogP contribution >= 0.6 is 0 Å². The third kappa shape index (κ3) is 3.65. The fraction of sp³-hybridized carbons (Fsp3) is 0.562. The smallest absolute Gasteiger partial charge is 0.407 e. The highest BCUT2D eigenvalue weighted by atomic mass is 16.4. The van der Waals surface area contributed by atoms with Gasteiger partial charge in [-0.15, -0.1) is 0 Å². The highest BCUT2D eigenvalue weighted by Gasteiger charge is 2.41. The van der Waals surface area contributed by atoms with E-state index in [2.05, 4.69) is 10.3 Å². The summed E-state index contributed by atoms with van der Waals surface area (Å²) >= 11 is 0. The molecule has 2 heterocycles. The van der Waals surface area contributed by atoms with Crippen LogP contribution in [0.3, 0.4) is 0 Å². The molecule has 0 aliphatic carbocycles. The van der Waals surface area contributed by atoms with Gasteiger partial charge < -0.3 is 21.1 Å². The fourth-order valence-electron chi connectivity index (χ4n) is 3.27. The average molecular weight is 317 g/mol. The van der Waals surface area contributed by atoms with Gasteiger partial charge in [-0.1, -0.05) is 20.8 Å². The van der Waals surface area contributed by atoms with E-state index >= 15 is 0 Å². The van der Waals surface area contributed by atoms with Gasteiger partial charge in [-0.3, -0.25) is 0 Å². The average Bonchev–Trinajstić information content (AvgIpc) is 2.46. The summed E-state index contributed by atoms with van der Waals surface area (Å²) < 4.78 is 0. The van der Waals surface area contributed by atoms with Crippen molar-refractivity contribution >= 4 is 17.7 Å². The summed E-state index contributed by atoms with van der Waals surface area (Å²) in [5.41, 5.74) is 5.87. The Hall–Kier alpha value is -2.49. The number of anilines is 2. The van der Waals surface area contributed by atoms with Crippen LogP contribution < -0.4 is 11.1 Å². The molecule has 2 rings (SSSR count). The van der Waals surface area contributed by atoms with Crippen LogP contribution in [-0.2, 0) is 0 Å². The van der Waals surface area contributed by atoms with E-state index in [9.17, 15) is 9.90 Å². The molecule has 0 bridgehead atoms. The molecule has 2 unspecified atom stereocenters. The third-order valence-corrected chi connectivity index (χ3v) is 4.14. The molecule has 1 aliphatic heterocycles. The van der Waals surface area contributed by atoms with Gasteiger partial charge in [0.25, 0.3) is 0 Å².